The van der Waals surface area contributed by atoms with Crippen LogP contribution in [0.2, 0.25) is 0 Å². The van der Waals surface area contributed by atoms with E-state index in [2.05, 4.69) is 20.0 Å². The summed E-state index contributed by atoms with van der Waals surface area (Å²) in [6.07, 6.45) is -2.69. The average molecular weight is 451 g/mol. The summed E-state index contributed by atoms with van der Waals surface area (Å²) in [5.74, 6) is -3.35. The topological polar surface area (TPSA) is 73.3 Å². The molecule has 1 aliphatic rings. The zero-order chi connectivity index (χ0) is 22.9. The summed E-state index contributed by atoms with van der Waals surface area (Å²) in [5.41, 5.74) is -1.24. The van der Waals surface area contributed by atoms with Gasteiger partial charge in [0.25, 0.3) is 5.91 Å². The van der Waals surface area contributed by atoms with Crippen LogP contribution in [0.5, 0.6) is 11.5 Å². The number of carbonyl (C=O) groups excluding carboxylic acids is 1. The number of nitrogens with one attached hydrogen (secondary N) is 1. The number of alkyl halides is 3. The van der Waals surface area contributed by atoms with Crippen molar-refractivity contribution in [2.45, 2.75) is 18.3 Å². The predicted molar refractivity (Wildman–Crippen MR) is 99.9 cm³/mol. The van der Waals surface area contributed by atoms with Crippen molar-refractivity contribution in [1.29, 1.82) is 0 Å². The Balaban J connectivity index is 1.80. The number of hydrogen-bond acceptors (Lipinski definition) is 5. The molecule has 2 aromatic heterocycles. The third-order valence-electron chi connectivity index (χ3n) is 4.85. The third kappa shape index (κ3) is 4.18. The minimum absolute atomic E-state index is 0.0862. The van der Waals surface area contributed by atoms with Crippen LogP contribution in [0.25, 0.3) is 0 Å². The van der Waals surface area contributed by atoms with Gasteiger partial charge in [-0.05, 0) is 42.0 Å². The smallest absolute Gasteiger partial charge is 0.491 e. The number of aromatic nitrogens is 2. The van der Waals surface area contributed by atoms with Crippen LogP contribution in [0.3, 0.4) is 0 Å². The van der Waals surface area contributed by atoms with Crippen LogP contribution in [-0.2, 0) is 5.54 Å². The van der Waals surface area contributed by atoms with Gasteiger partial charge < -0.3 is 14.8 Å². The normalized spacial score (nSPS) is 17.8. The SMILES string of the molecule is O=C(NC1(c2ccc(OC(F)(F)F)c(F)c2)CCOc2cccnc21)c1ccc(F)cn1. The number of halogens is 5. The van der Waals surface area contributed by atoms with Crippen molar-refractivity contribution < 1.29 is 36.2 Å². The molecule has 166 valence electrons. The molecular weight excluding hydrogens is 437 g/mol. The van der Waals surface area contributed by atoms with E-state index in [4.69, 9.17) is 4.74 Å². The number of ether oxygens (including phenoxy) is 2. The lowest BCUT2D eigenvalue weighted by Gasteiger charge is -2.39. The van der Waals surface area contributed by atoms with Gasteiger partial charge in [-0.25, -0.2) is 13.8 Å². The zero-order valence-electron chi connectivity index (χ0n) is 16.1. The molecule has 1 N–H and O–H groups in total. The number of amides is 1. The summed E-state index contributed by atoms with van der Waals surface area (Å²) in [4.78, 5) is 20.9. The molecule has 3 aromatic rings. The molecule has 1 aliphatic heterocycles. The van der Waals surface area contributed by atoms with Gasteiger partial charge in [-0.15, -0.1) is 13.2 Å². The molecule has 1 amide bonds. The third-order valence-corrected chi connectivity index (χ3v) is 4.85. The van der Waals surface area contributed by atoms with Gasteiger partial charge in [0.05, 0.1) is 12.8 Å². The lowest BCUT2D eigenvalue weighted by molar-refractivity contribution is -0.275. The van der Waals surface area contributed by atoms with Gasteiger partial charge in [-0.1, -0.05) is 6.07 Å². The largest absolute Gasteiger partial charge is 0.573 e. The number of benzene rings is 1. The molecule has 0 saturated heterocycles. The zero-order valence-corrected chi connectivity index (χ0v) is 16.1. The molecule has 32 heavy (non-hydrogen) atoms. The number of carbonyl (C=O) groups is 1. The number of hydrogen-bond donors (Lipinski definition) is 1. The summed E-state index contributed by atoms with van der Waals surface area (Å²) in [5, 5.41) is 2.74. The molecular formula is C21H14F5N3O3. The molecule has 1 atom stereocenters. The van der Waals surface area contributed by atoms with Crippen molar-refractivity contribution in [3.63, 3.8) is 0 Å². The second kappa shape index (κ2) is 8.06. The molecule has 11 heteroatoms. The number of fused-ring (bicyclic) bond motifs is 1. The second-order valence-electron chi connectivity index (χ2n) is 6.86. The van der Waals surface area contributed by atoms with Crippen LogP contribution < -0.4 is 14.8 Å². The van der Waals surface area contributed by atoms with E-state index in [1.54, 1.807) is 12.1 Å². The Kier molecular flexibility index (Phi) is 5.41. The van der Waals surface area contributed by atoms with Crippen molar-refractivity contribution in [3.05, 3.63) is 83.4 Å². The predicted octanol–water partition coefficient (Wildman–Crippen LogP) is 4.11. The summed E-state index contributed by atoms with van der Waals surface area (Å²) in [6, 6.07) is 8.26. The lowest BCUT2D eigenvalue weighted by atomic mass is 9.81. The molecule has 4 rings (SSSR count). The number of nitrogens with zero attached hydrogens (tertiary/aromatic N) is 2. The number of pyridine rings is 2. The summed E-state index contributed by atoms with van der Waals surface area (Å²) in [6.45, 7) is 0.0955. The monoisotopic (exact) mass is 451 g/mol. The first kappa shape index (κ1) is 21.5. The second-order valence-corrected chi connectivity index (χ2v) is 6.86. The minimum Gasteiger partial charge on any atom is -0.491 e. The van der Waals surface area contributed by atoms with Crippen molar-refractivity contribution in [3.8, 4) is 11.5 Å². The van der Waals surface area contributed by atoms with Crippen LogP contribution in [0.4, 0.5) is 22.0 Å². The van der Waals surface area contributed by atoms with E-state index < -0.39 is 35.2 Å². The maximum absolute atomic E-state index is 14.5. The lowest BCUT2D eigenvalue weighted by Crippen LogP contribution is -2.50. The fraction of sp³-hybridized carbons (Fsp3) is 0.190. The van der Waals surface area contributed by atoms with Gasteiger partial charge in [0, 0.05) is 12.6 Å². The molecule has 1 unspecified atom stereocenters. The Hall–Kier alpha value is -3.76. The van der Waals surface area contributed by atoms with Crippen LogP contribution in [-0.4, -0.2) is 28.8 Å². The molecule has 3 heterocycles. The van der Waals surface area contributed by atoms with Crippen molar-refractivity contribution in [2.75, 3.05) is 6.61 Å². The first-order valence-electron chi connectivity index (χ1n) is 9.26. The highest BCUT2D eigenvalue weighted by Crippen LogP contribution is 2.42. The number of rotatable bonds is 4. The summed E-state index contributed by atoms with van der Waals surface area (Å²) in [7, 11) is 0. The Morgan fingerprint density at radius 2 is 1.94 bits per heavy atom. The average Bonchev–Trinajstić information content (AvgIpc) is 2.75. The molecule has 0 bridgehead atoms. The van der Waals surface area contributed by atoms with E-state index in [0.717, 1.165) is 30.5 Å². The van der Waals surface area contributed by atoms with E-state index in [1.165, 1.54) is 12.3 Å². The van der Waals surface area contributed by atoms with Crippen LogP contribution in [0.1, 0.15) is 28.2 Å². The first-order valence-corrected chi connectivity index (χ1v) is 9.26. The van der Waals surface area contributed by atoms with E-state index >= 15 is 0 Å². The van der Waals surface area contributed by atoms with E-state index in [9.17, 15) is 26.7 Å². The van der Waals surface area contributed by atoms with Gasteiger partial charge in [-0.2, -0.15) is 0 Å². The molecule has 0 saturated carbocycles. The van der Waals surface area contributed by atoms with Crippen molar-refractivity contribution >= 4 is 5.91 Å². The van der Waals surface area contributed by atoms with Gasteiger partial charge in [0.1, 0.15) is 28.5 Å². The highest BCUT2D eigenvalue weighted by atomic mass is 19.4. The minimum atomic E-state index is -5.07. The molecule has 0 aliphatic carbocycles. The fourth-order valence-corrected chi connectivity index (χ4v) is 3.48. The van der Waals surface area contributed by atoms with E-state index in [-0.39, 0.29) is 30.0 Å². The maximum Gasteiger partial charge on any atom is 0.573 e. The fourth-order valence-electron chi connectivity index (χ4n) is 3.48. The molecule has 0 radical (unpaired) electrons. The molecule has 6 nitrogen and oxygen atoms in total. The van der Waals surface area contributed by atoms with Crippen LogP contribution in [0.15, 0.2) is 54.9 Å². The van der Waals surface area contributed by atoms with Gasteiger partial charge in [-0.3, -0.25) is 9.78 Å². The van der Waals surface area contributed by atoms with Gasteiger partial charge in [0.2, 0.25) is 0 Å². The van der Waals surface area contributed by atoms with Crippen molar-refractivity contribution in [1.82, 2.24) is 15.3 Å². The highest BCUT2D eigenvalue weighted by Gasteiger charge is 2.43. The molecule has 1 aromatic carbocycles. The van der Waals surface area contributed by atoms with Crippen LogP contribution in [0, 0.1) is 11.6 Å². The standard InChI is InChI=1S/C21H14F5N3O3/c22-13-4-5-15(28-11-13)19(30)29-20(7-9-31-17-2-1-8-27-18(17)20)12-3-6-16(14(23)10-12)32-21(24,25)26/h1-6,8,10-11H,7,9H2,(H,29,30). The molecule has 0 spiro atoms. The van der Waals surface area contributed by atoms with Crippen molar-refractivity contribution in [2.24, 2.45) is 0 Å². The first-order chi connectivity index (χ1) is 15.2. The van der Waals surface area contributed by atoms with E-state index in [1.807, 2.05) is 0 Å². The molecule has 0 fully saturated rings. The Morgan fingerprint density at radius 3 is 2.62 bits per heavy atom. The Morgan fingerprint density at radius 1 is 1.12 bits per heavy atom. The highest BCUT2D eigenvalue weighted by molar-refractivity contribution is 5.93. The van der Waals surface area contributed by atoms with Gasteiger partial charge >= 0.3 is 6.36 Å². The quantitative estimate of drug-likeness (QED) is 0.605. The Bertz CT molecular complexity index is 1150. The van der Waals surface area contributed by atoms with E-state index in [0.29, 0.717) is 5.75 Å². The summed E-state index contributed by atoms with van der Waals surface area (Å²) >= 11 is 0. The maximum atomic E-state index is 14.5. The summed E-state index contributed by atoms with van der Waals surface area (Å²) < 4.78 is 74.6. The van der Waals surface area contributed by atoms with Gasteiger partial charge in [0.15, 0.2) is 11.6 Å². The Labute approximate surface area is 178 Å². The van der Waals surface area contributed by atoms with Crippen LogP contribution >= 0.6 is 0 Å².